The lowest BCUT2D eigenvalue weighted by atomic mass is 9.83. The van der Waals surface area contributed by atoms with Crippen molar-refractivity contribution in [3.63, 3.8) is 0 Å². The summed E-state index contributed by atoms with van der Waals surface area (Å²) in [6.07, 6.45) is 0.224. The fraction of sp³-hybridized carbons (Fsp3) is 0.364. The molecule has 0 saturated heterocycles. The number of nitrogens with zero attached hydrogens (tertiary/aromatic N) is 5. The van der Waals surface area contributed by atoms with Crippen LogP contribution in [-0.4, -0.2) is 67.1 Å². The summed E-state index contributed by atoms with van der Waals surface area (Å²) in [6.45, 7) is 2.27. The molecule has 0 radical (unpaired) electrons. The summed E-state index contributed by atoms with van der Waals surface area (Å²) in [4.78, 5) is 28.8. The molecule has 13 heteroatoms. The zero-order valence-electron chi connectivity index (χ0n) is 26.4. The van der Waals surface area contributed by atoms with Crippen molar-refractivity contribution in [3.8, 4) is 23.0 Å². The molecule has 3 aromatic carbocycles. The van der Waals surface area contributed by atoms with Crippen molar-refractivity contribution in [3.05, 3.63) is 82.1 Å². The van der Waals surface area contributed by atoms with Gasteiger partial charge in [0.2, 0.25) is 5.91 Å². The quantitative estimate of drug-likeness (QED) is 0.197. The maximum absolute atomic E-state index is 14.7. The Balaban J connectivity index is 1.65. The fourth-order valence-corrected chi connectivity index (χ4v) is 6.07. The van der Waals surface area contributed by atoms with Crippen LogP contribution >= 0.6 is 11.6 Å². The van der Waals surface area contributed by atoms with Gasteiger partial charge in [0, 0.05) is 33.8 Å². The highest BCUT2D eigenvalue weighted by Gasteiger charge is 2.38. The molecule has 2 atom stereocenters. The summed E-state index contributed by atoms with van der Waals surface area (Å²) >= 11 is 6.62. The first kappa shape index (κ1) is 32.6. The van der Waals surface area contributed by atoms with Crippen molar-refractivity contribution < 1.29 is 33.3 Å². The Kier molecular flexibility index (Phi) is 10.3. The van der Waals surface area contributed by atoms with Crippen molar-refractivity contribution in [2.45, 2.75) is 38.8 Å². The Labute approximate surface area is 272 Å². The average Bonchev–Trinajstić information content (AvgIpc) is 3.46. The van der Waals surface area contributed by atoms with E-state index < -0.39 is 11.9 Å². The third-order valence-electron chi connectivity index (χ3n) is 8.03. The van der Waals surface area contributed by atoms with Gasteiger partial charge in [0.25, 0.3) is 0 Å². The van der Waals surface area contributed by atoms with E-state index >= 15 is 0 Å². The second kappa shape index (κ2) is 14.5. The number of para-hydroxylation sites is 1. The molecule has 2 heterocycles. The van der Waals surface area contributed by atoms with E-state index in [4.69, 9.17) is 35.3 Å². The molecule has 0 aliphatic carbocycles. The number of hydrogen-bond acceptors (Lipinski definition) is 10. The molecular formula is C33H36ClN5O7. The molecule has 5 rings (SSSR count). The molecule has 0 N–H and O–H groups in total. The molecule has 4 aromatic rings. The minimum absolute atomic E-state index is 0.112. The molecule has 12 nitrogen and oxygen atoms in total. The molecule has 1 aromatic heterocycles. The van der Waals surface area contributed by atoms with Gasteiger partial charge in [-0.25, -0.2) is 4.68 Å². The largest absolute Gasteiger partial charge is 0.497 e. The molecule has 1 aliphatic rings. The highest BCUT2D eigenvalue weighted by Crippen LogP contribution is 2.47. The minimum Gasteiger partial charge on any atom is -0.497 e. The number of amides is 1. The number of anilines is 1. The van der Waals surface area contributed by atoms with Crippen LogP contribution in [0.3, 0.4) is 0 Å². The predicted molar refractivity (Wildman–Crippen MR) is 170 cm³/mol. The van der Waals surface area contributed by atoms with Gasteiger partial charge in [0.15, 0.2) is 17.3 Å². The van der Waals surface area contributed by atoms with Crippen LogP contribution in [-0.2, 0) is 33.8 Å². The Bertz CT molecular complexity index is 1710. The molecule has 1 aliphatic heterocycles. The first-order chi connectivity index (χ1) is 22.3. The topological polar surface area (TPSA) is 127 Å². The SMILES string of the molecule is CCOC(=O)Cc1nnnn1CC1CC(c2cccc(OC)c2OC)c2cc(Cl)ccc2N(Cc2ccc(OC)cc2OC)C1=O. The molecule has 0 bridgehead atoms. The van der Waals surface area contributed by atoms with E-state index in [1.807, 2.05) is 42.5 Å². The summed E-state index contributed by atoms with van der Waals surface area (Å²) in [6, 6.07) is 16.7. The van der Waals surface area contributed by atoms with Crippen LogP contribution in [0.4, 0.5) is 5.69 Å². The number of benzene rings is 3. The number of fused-ring (bicyclic) bond motifs is 1. The molecule has 0 saturated carbocycles. The number of carbonyl (C=O) groups is 2. The first-order valence-electron chi connectivity index (χ1n) is 14.7. The third-order valence-corrected chi connectivity index (χ3v) is 8.27. The smallest absolute Gasteiger partial charge is 0.313 e. The van der Waals surface area contributed by atoms with Crippen molar-refractivity contribution in [1.82, 2.24) is 20.2 Å². The number of carbonyl (C=O) groups excluding carboxylic acids is 2. The maximum atomic E-state index is 14.7. The number of aromatic nitrogens is 4. The van der Waals surface area contributed by atoms with Crippen LogP contribution in [0, 0.1) is 5.92 Å². The fourth-order valence-electron chi connectivity index (χ4n) is 5.89. The van der Waals surface area contributed by atoms with Crippen LogP contribution in [0.1, 0.15) is 41.8 Å². The zero-order valence-corrected chi connectivity index (χ0v) is 27.1. The Morgan fingerprint density at radius 2 is 1.76 bits per heavy atom. The normalized spacial score (nSPS) is 16.0. The summed E-state index contributed by atoms with van der Waals surface area (Å²) in [7, 11) is 6.33. The highest BCUT2D eigenvalue weighted by molar-refractivity contribution is 6.30. The molecule has 1 amide bonds. The van der Waals surface area contributed by atoms with E-state index in [0.717, 1.165) is 16.7 Å². The molecule has 0 fully saturated rings. The monoisotopic (exact) mass is 649 g/mol. The molecule has 2 unspecified atom stereocenters. The number of hydrogen-bond donors (Lipinski definition) is 0. The lowest BCUT2D eigenvalue weighted by Crippen LogP contribution is -2.37. The van der Waals surface area contributed by atoms with Crippen molar-refractivity contribution in [2.24, 2.45) is 5.92 Å². The maximum Gasteiger partial charge on any atom is 0.313 e. The number of methoxy groups -OCH3 is 4. The van der Waals surface area contributed by atoms with E-state index in [1.54, 1.807) is 52.4 Å². The second-order valence-electron chi connectivity index (χ2n) is 10.6. The summed E-state index contributed by atoms with van der Waals surface area (Å²) in [5, 5.41) is 12.5. The van der Waals surface area contributed by atoms with Gasteiger partial charge in [-0.3, -0.25) is 9.59 Å². The molecular weight excluding hydrogens is 614 g/mol. The van der Waals surface area contributed by atoms with Gasteiger partial charge in [-0.15, -0.1) is 5.10 Å². The van der Waals surface area contributed by atoms with Crippen LogP contribution in [0.15, 0.2) is 54.6 Å². The van der Waals surface area contributed by atoms with E-state index in [9.17, 15) is 9.59 Å². The van der Waals surface area contributed by atoms with Crippen molar-refractivity contribution >= 4 is 29.2 Å². The Morgan fingerprint density at radius 1 is 0.957 bits per heavy atom. The van der Waals surface area contributed by atoms with Gasteiger partial charge in [-0.05, 0) is 65.7 Å². The number of ether oxygens (including phenoxy) is 5. The molecule has 242 valence electrons. The third kappa shape index (κ3) is 6.71. The lowest BCUT2D eigenvalue weighted by molar-refractivity contribution is -0.142. The number of tetrazole rings is 1. The van der Waals surface area contributed by atoms with Crippen LogP contribution in [0.2, 0.25) is 5.02 Å². The second-order valence-corrected chi connectivity index (χ2v) is 11.1. The Morgan fingerprint density at radius 3 is 2.48 bits per heavy atom. The Hall–Kier alpha value is -4.84. The van der Waals surface area contributed by atoms with Gasteiger partial charge < -0.3 is 28.6 Å². The van der Waals surface area contributed by atoms with E-state index in [-0.39, 0.29) is 37.9 Å². The molecule has 0 spiro atoms. The predicted octanol–water partition coefficient (Wildman–Crippen LogP) is 4.85. The van der Waals surface area contributed by atoms with Gasteiger partial charge in [0.05, 0.1) is 54.1 Å². The average molecular weight is 650 g/mol. The number of esters is 1. The van der Waals surface area contributed by atoms with Crippen LogP contribution in [0.5, 0.6) is 23.0 Å². The van der Waals surface area contributed by atoms with Gasteiger partial charge in [-0.1, -0.05) is 23.7 Å². The number of halogens is 1. The summed E-state index contributed by atoms with van der Waals surface area (Å²) < 4.78 is 29.2. The van der Waals surface area contributed by atoms with E-state index in [1.165, 1.54) is 4.68 Å². The van der Waals surface area contributed by atoms with E-state index in [0.29, 0.717) is 46.0 Å². The van der Waals surface area contributed by atoms with Crippen molar-refractivity contribution in [2.75, 3.05) is 39.9 Å². The van der Waals surface area contributed by atoms with Gasteiger partial charge in [0.1, 0.15) is 17.9 Å². The van der Waals surface area contributed by atoms with Crippen molar-refractivity contribution in [1.29, 1.82) is 0 Å². The van der Waals surface area contributed by atoms with Crippen LogP contribution in [0.25, 0.3) is 0 Å². The standard InChI is InChI=1S/C33H36ClN5O7/c1-6-46-31(40)17-30-35-36-37-39(30)19-21-14-25(24-8-7-9-28(43-3)32(24)45-5)26-15-22(34)11-13-27(26)38(33(21)41)18-20-10-12-23(42-2)16-29(20)44-4/h7-13,15-16,21,25H,6,14,17-19H2,1-5H3. The van der Waals surface area contributed by atoms with E-state index in [2.05, 4.69) is 15.5 Å². The van der Waals surface area contributed by atoms with Crippen LogP contribution < -0.4 is 23.8 Å². The lowest BCUT2D eigenvalue weighted by Gasteiger charge is -2.27. The minimum atomic E-state index is -0.638. The first-order valence-corrected chi connectivity index (χ1v) is 15.1. The van der Waals surface area contributed by atoms with Gasteiger partial charge >= 0.3 is 5.97 Å². The van der Waals surface area contributed by atoms with Gasteiger partial charge in [-0.2, -0.15) is 0 Å². The molecule has 46 heavy (non-hydrogen) atoms. The number of rotatable bonds is 12. The summed E-state index contributed by atoms with van der Waals surface area (Å²) in [5.41, 5.74) is 3.13. The summed E-state index contributed by atoms with van der Waals surface area (Å²) in [5.74, 6) is 1.02. The highest BCUT2D eigenvalue weighted by atomic mass is 35.5. The zero-order chi connectivity index (χ0) is 32.8.